The number of allylic oxidation sites excluding steroid dienone is 2. The Morgan fingerprint density at radius 3 is 1.72 bits per heavy atom. The second kappa shape index (κ2) is 40.0. The molecule has 0 aromatic heterocycles. The molecule has 0 aromatic carbocycles. The molecule has 0 aliphatic rings. The summed E-state index contributed by atoms with van der Waals surface area (Å²) in [4.78, 5) is 26.8. The van der Waals surface area contributed by atoms with E-state index in [1.54, 1.807) is 0 Å². The lowest BCUT2D eigenvalue weighted by molar-refractivity contribution is -0.147. The average Bonchev–Trinajstić information content (AvgIpc) is 3.11. The first-order chi connectivity index (χ1) is 24.6. The zero-order valence-corrected chi connectivity index (χ0v) is 33.5. The summed E-state index contributed by atoms with van der Waals surface area (Å²) in [5, 5.41) is 9.49. The number of hydrogen-bond donors (Lipinski definition) is 1. The third-order valence-corrected chi connectivity index (χ3v) is 9.49. The van der Waals surface area contributed by atoms with Gasteiger partial charge in [0.2, 0.25) is 0 Å². The highest BCUT2D eigenvalue weighted by molar-refractivity contribution is 5.69. The number of aliphatic hydroxyl groups is 1. The van der Waals surface area contributed by atoms with Crippen molar-refractivity contribution in [3.8, 4) is 0 Å². The molecule has 0 saturated carbocycles. The fraction of sp³-hybridized carbons (Fsp3) is 0.864. The summed E-state index contributed by atoms with van der Waals surface area (Å²) in [5.74, 6) is -0.139. The van der Waals surface area contributed by atoms with Gasteiger partial charge in [0, 0.05) is 25.9 Å². The molecular weight excluding hydrogens is 622 g/mol. The lowest BCUT2D eigenvalue weighted by atomic mass is 10.1. The van der Waals surface area contributed by atoms with E-state index in [0.717, 1.165) is 83.6 Å². The minimum absolute atomic E-state index is 0.0528. The van der Waals surface area contributed by atoms with Crippen molar-refractivity contribution in [3.05, 3.63) is 24.4 Å². The third kappa shape index (κ3) is 36.0. The van der Waals surface area contributed by atoms with Crippen molar-refractivity contribution in [2.24, 2.45) is 0 Å². The van der Waals surface area contributed by atoms with Crippen molar-refractivity contribution in [1.29, 1.82) is 0 Å². The minimum Gasteiger partial charge on any atom is -0.466 e. The van der Waals surface area contributed by atoms with Crippen LogP contribution in [0.15, 0.2) is 24.4 Å². The fourth-order valence-electron chi connectivity index (χ4n) is 6.25. The van der Waals surface area contributed by atoms with Gasteiger partial charge in [0.25, 0.3) is 0 Å². The highest BCUT2D eigenvalue weighted by atomic mass is 16.5. The number of aliphatic hydroxyl groups excluding tert-OH is 1. The molecule has 0 fully saturated rings. The molecule has 1 atom stereocenters. The summed E-state index contributed by atoms with van der Waals surface area (Å²) in [6, 6.07) is 0. The van der Waals surface area contributed by atoms with E-state index in [4.69, 9.17) is 9.47 Å². The Hall–Kier alpha value is -1.82. The number of carbonyl (C=O) groups is 2. The first-order valence-electron chi connectivity index (χ1n) is 21.6. The molecule has 1 unspecified atom stereocenters. The van der Waals surface area contributed by atoms with Crippen LogP contribution in [0, 0.1) is 0 Å². The lowest BCUT2D eigenvalue weighted by Gasteiger charge is -2.19. The standard InChI is InChI=1S/C44H83NO5/c1-4-7-10-13-16-17-18-24-32-41-49-43(47)35-29-25-31-38-45(39-40-46)37-30-23-19-22-28-36-44(48)50-42(33-26-20-14-11-8-5-2)34-27-21-15-12-9-6-3/h26,31,33,38,42,46H,4-25,27-30,32,34-37,39-41H2,1-3H3/b33-26-,38-31-. The van der Waals surface area contributed by atoms with Crippen molar-refractivity contribution in [3.63, 3.8) is 0 Å². The maximum Gasteiger partial charge on any atom is 0.306 e. The van der Waals surface area contributed by atoms with Crippen LogP contribution >= 0.6 is 0 Å². The normalized spacial score (nSPS) is 12.2. The zero-order chi connectivity index (χ0) is 36.6. The molecule has 0 aromatic rings. The van der Waals surface area contributed by atoms with Crippen molar-refractivity contribution >= 4 is 11.9 Å². The molecular formula is C44H83NO5. The van der Waals surface area contributed by atoms with Gasteiger partial charge in [0.15, 0.2) is 0 Å². The van der Waals surface area contributed by atoms with Crippen LogP contribution in [0.2, 0.25) is 0 Å². The predicted molar refractivity (Wildman–Crippen MR) is 213 cm³/mol. The second-order valence-corrected chi connectivity index (χ2v) is 14.5. The van der Waals surface area contributed by atoms with Gasteiger partial charge in [-0.15, -0.1) is 0 Å². The van der Waals surface area contributed by atoms with Crippen molar-refractivity contribution in [2.75, 3.05) is 26.3 Å². The molecule has 0 saturated heterocycles. The molecule has 0 spiro atoms. The number of carbonyl (C=O) groups excluding carboxylic acids is 2. The molecule has 0 bridgehead atoms. The van der Waals surface area contributed by atoms with Crippen LogP contribution < -0.4 is 0 Å². The van der Waals surface area contributed by atoms with E-state index in [0.29, 0.717) is 26.0 Å². The third-order valence-electron chi connectivity index (χ3n) is 9.49. The highest BCUT2D eigenvalue weighted by Crippen LogP contribution is 2.15. The van der Waals surface area contributed by atoms with Gasteiger partial charge in [-0.3, -0.25) is 9.59 Å². The Morgan fingerprint density at radius 1 is 0.560 bits per heavy atom. The van der Waals surface area contributed by atoms with E-state index in [9.17, 15) is 14.7 Å². The maximum absolute atomic E-state index is 12.6. The van der Waals surface area contributed by atoms with Crippen LogP contribution in [-0.2, 0) is 19.1 Å². The molecule has 0 heterocycles. The molecule has 50 heavy (non-hydrogen) atoms. The molecule has 6 heteroatoms. The van der Waals surface area contributed by atoms with E-state index in [1.165, 1.54) is 103 Å². The van der Waals surface area contributed by atoms with Crippen LogP contribution in [-0.4, -0.2) is 54.4 Å². The van der Waals surface area contributed by atoms with Crippen LogP contribution in [0.1, 0.15) is 213 Å². The highest BCUT2D eigenvalue weighted by Gasteiger charge is 2.11. The van der Waals surface area contributed by atoms with Crippen molar-refractivity contribution in [1.82, 2.24) is 4.90 Å². The molecule has 0 amide bonds. The van der Waals surface area contributed by atoms with E-state index in [2.05, 4.69) is 50.1 Å². The van der Waals surface area contributed by atoms with Crippen molar-refractivity contribution in [2.45, 2.75) is 219 Å². The van der Waals surface area contributed by atoms with E-state index >= 15 is 0 Å². The van der Waals surface area contributed by atoms with Crippen LogP contribution in [0.5, 0.6) is 0 Å². The summed E-state index contributed by atoms with van der Waals surface area (Å²) in [6.07, 6.45) is 42.2. The smallest absolute Gasteiger partial charge is 0.306 e. The first kappa shape index (κ1) is 48.2. The monoisotopic (exact) mass is 706 g/mol. The zero-order valence-electron chi connectivity index (χ0n) is 33.5. The van der Waals surface area contributed by atoms with Crippen LogP contribution in [0.3, 0.4) is 0 Å². The van der Waals surface area contributed by atoms with E-state index in [-0.39, 0.29) is 24.6 Å². The Balaban J connectivity index is 4.07. The Labute approximate surface area is 310 Å². The topological polar surface area (TPSA) is 76.1 Å². The number of hydrogen-bond acceptors (Lipinski definition) is 6. The molecule has 0 aliphatic carbocycles. The summed E-state index contributed by atoms with van der Waals surface area (Å²) in [6.45, 7) is 8.95. The number of nitrogens with zero attached hydrogens (tertiary/aromatic N) is 1. The quantitative estimate of drug-likeness (QED) is 0.0390. The Kier molecular flexibility index (Phi) is 38.5. The Bertz CT molecular complexity index is 782. The number of esters is 2. The second-order valence-electron chi connectivity index (χ2n) is 14.5. The summed E-state index contributed by atoms with van der Waals surface area (Å²) in [7, 11) is 0. The van der Waals surface area contributed by atoms with Gasteiger partial charge in [-0.1, -0.05) is 155 Å². The predicted octanol–water partition coefficient (Wildman–Crippen LogP) is 12.6. The summed E-state index contributed by atoms with van der Waals surface area (Å²) in [5.41, 5.74) is 0. The van der Waals surface area contributed by atoms with Gasteiger partial charge >= 0.3 is 11.9 Å². The Morgan fingerprint density at radius 2 is 1.08 bits per heavy atom. The lowest BCUT2D eigenvalue weighted by Crippen LogP contribution is -2.22. The summed E-state index contributed by atoms with van der Waals surface area (Å²) < 4.78 is 11.3. The van der Waals surface area contributed by atoms with E-state index in [1.807, 2.05) is 0 Å². The molecule has 0 rings (SSSR count). The molecule has 0 radical (unpaired) electrons. The van der Waals surface area contributed by atoms with Crippen LogP contribution in [0.4, 0.5) is 0 Å². The van der Waals surface area contributed by atoms with Gasteiger partial charge in [-0.25, -0.2) is 0 Å². The average molecular weight is 706 g/mol. The van der Waals surface area contributed by atoms with Gasteiger partial charge in [0.1, 0.15) is 6.10 Å². The van der Waals surface area contributed by atoms with Gasteiger partial charge in [0.05, 0.1) is 13.2 Å². The summed E-state index contributed by atoms with van der Waals surface area (Å²) >= 11 is 0. The van der Waals surface area contributed by atoms with Gasteiger partial charge in [-0.05, 0) is 70.1 Å². The SMILES string of the molecule is CCCCCC/C=C\C(CCCCCCCC)OC(=O)CCCCCCCN(/C=C\CCCC(=O)OCCCCCCCCCCC)CCO. The number of ether oxygens (including phenoxy) is 2. The largest absolute Gasteiger partial charge is 0.466 e. The molecule has 0 aliphatic heterocycles. The van der Waals surface area contributed by atoms with Gasteiger partial charge < -0.3 is 19.5 Å². The number of unbranched alkanes of at least 4 members (excludes halogenated alkanes) is 22. The minimum atomic E-state index is -0.0866. The first-order valence-corrected chi connectivity index (χ1v) is 21.6. The van der Waals surface area contributed by atoms with Gasteiger partial charge in [-0.2, -0.15) is 0 Å². The molecule has 294 valence electrons. The maximum atomic E-state index is 12.6. The van der Waals surface area contributed by atoms with Crippen LogP contribution in [0.25, 0.3) is 0 Å². The molecule has 6 nitrogen and oxygen atoms in total. The number of rotatable bonds is 39. The fourth-order valence-corrected chi connectivity index (χ4v) is 6.25. The van der Waals surface area contributed by atoms with Crippen molar-refractivity contribution < 1.29 is 24.2 Å². The molecule has 1 N–H and O–H groups in total. The van der Waals surface area contributed by atoms with E-state index < -0.39 is 0 Å².